The summed E-state index contributed by atoms with van der Waals surface area (Å²) in [6, 6.07) is 3.80. The standard InChI is InChI=1S/C13H21N3OS/c1-4-16(9-10(3)12(14)18)13-11(17-5-2)7-6-8-15-13/h6-8,10H,4-5,9H2,1-3H3,(H2,14,18). The molecule has 2 N–H and O–H groups in total. The number of rotatable bonds is 7. The average molecular weight is 267 g/mol. The molecular formula is C13H21N3OS. The zero-order valence-electron chi connectivity index (χ0n) is 11.2. The zero-order valence-corrected chi connectivity index (χ0v) is 12.0. The second-order valence-corrected chi connectivity index (χ2v) is 4.57. The second kappa shape index (κ2) is 7.16. The van der Waals surface area contributed by atoms with E-state index in [2.05, 4.69) is 16.8 Å². The fraction of sp³-hybridized carbons (Fsp3) is 0.538. The predicted molar refractivity (Wildman–Crippen MR) is 79.2 cm³/mol. The molecule has 0 bridgehead atoms. The van der Waals surface area contributed by atoms with Gasteiger partial charge >= 0.3 is 0 Å². The van der Waals surface area contributed by atoms with E-state index in [1.807, 2.05) is 26.0 Å². The maximum absolute atomic E-state index is 5.67. The third-order valence-electron chi connectivity index (χ3n) is 2.71. The highest BCUT2D eigenvalue weighted by atomic mass is 32.1. The summed E-state index contributed by atoms with van der Waals surface area (Å²) >= 11 is 5.02. The number of aromatic nitrogens is 1. The summed E-state index contributed by atoms with van der Waals surface area (Å²) in [6.45, 7) is 8.28. The molecule has 0 amide bonds. The summed E-state index contributed by atoms with van der Waals surface area (Å²) in [4.78, 5) is 7.06. The molecule has 0 aliphatic heterocycles. The summed E-state index contributed by atoms with van der Waals surface area (Å²) in [6.07, 6.45) is 1.77. The number of nitrogens with zero attached hydrogens (tertiary/aromatic N) is 2. The SMILES string of the molecule is CCOc1cccnc1N(CC)CC(C)C(N)=S. The smallest absolute Gasteiger partial charge is 0.171 e. The first-order valence-electron chi connectivity index (χ1n) is 6.22. The van der Waals surface area contributed by atoms with Gasteiger partial charge in [0.25, 0.3) is 0 Å². The Hall–Kier alpha value is -1.36. The van der Waals surface area contributed by atoms with Crippen LogP contribution in [0.25, 0.3) is 0 Å². The molecule has 5 heteroatoms. The van der Waals surface area contributed by atoms with Gasteiger partial charge in [-0.25, -0.2) is 4.98 Å². The molecule has 1 unspecified atom stereocenters. The number of thiocarbonyl (C=S) groups is 1. The van der Waals surface area contributed by atoms with Gasteiger partial charge in [-0.2, -0.15) is 0 Å². The first-order chi connectivity index (χ1) is 8.60. The Morgan fingerprint density at radius 1 is 1.56 bits per heavy atom. The van der Waals surface area contributed by atoms with E-state index in [-0.39, 0.29) is 5.92 Å². The van der Waals surface area contributed by atoms with Crippen LogP contribution in [0.4, 0.5) is 5.82 Å². The zero-order chi connectivity index (χ0) is 13.5. The minimum absolute atomic E-state index is 0.149. The lowest BCUT2D eigenvalue weighted by molar-refractivity contribution is 0.339. The predicted octanol–water partition coefficient (Wildman–Crippen LogP) is 2.23. The first-order valence-corrected chi connectivity index (χ1v) is 6.63. The molecule has 1 atom stereocenters. The van der Waals surface area contributed by atoms with Crippen LogP contribution in [0.1, 0.15) is 20.8 Å². The van der Waals surface area contributed by atoms with Gasteiger partial charge in [-0.05, 0) is 26.0 Å². The highest BCUT2D eigenvalue weighted by Gasteiger charge is 2.16. The summed E-state index contributed by atoms with van der Waals surface area (Å²) in [5.74, 6) is 1.80. The maximum Gasteiger partial charge on any atom is 0.171 e. The van der Waals surface area contributed by atoms with E-state index < -0.39 is 0 Å². The summed E-state index contributed by atoms with van der Waals surface area (Å²) in [5.41, 5.74) is 5.67. The second-order valence-electron chi connectivity index (χ2n) is 4.10. The first kappa shape index (κ1) is 14.7. The van der Waals surface area contributed by atoms with Crippen molar-refractivity contribution in [2.24, 2.45) is 11.7 Å². The van der Waals surface area contributed by atoms with E-state index in [9.17, 15) is 0 Å². The Labute approximate surface area is 114 Å². The van der Waals surface area contributed by atoms with Crippen LogP contribution in [0.3, 0.4) is 0 Å². The fourth-order valence-electron chi connectivity index (χ4n) is 1.67. The molecule has 0 aliphatic carbocycles. The Balaban J connectivity index is 2.90. The molecule has 0 aliphatic rings. The largest absolute Gasteiger partial charge is 0.490 e. The van der Waals surface area contributed by atoms with Crippen LogP contribution in [0.2, 0.25) is 0 Å². The van der Waals surface area contributed by atoms with Crippen molar-refractivity contribution in [3.8, 4) is 5.75 Å². The number of hydrogen-bond acceptors (Lipinski definition) is 4. The topological polar surface area (TPSA) is 51.4 Å². The number of hydrogen-bond donors (Lipinski definition) is 1. The Morgan fingerprint density at radius 2 is 2.28 bits per heavy atom. The molecule has 4 nitrogen and oxygen atoms in total. The van der Waals surface area contributed by atoms with Crippen molar-refractivity contribution in [1.29, 1.82) is 0 Å². The molecule has 0 aromatic carbocycles. The van der Waals surface area contributed by atoms with Crippen LogP contribution in [-0.4, -0.2) is 29.7 Å². The molecule has 1 heterocycles. The highest BCUT2D eigenvalue weighted by Crippen LogP contribution is 2.25. The summed E-state index contributed by atoms with van der Waals surface area (Å²) < 4.78 is 5.59. The fourth-order valence-corrected chi connectivity index (χ4v) is 1.75. The van der Waals surface area contributed by atoms with Gasteiger partial charge in [-0.1, -0.05) is 19.1 Å². The minimum atomic E-state index is 0.149. The molecule has 1 rings (SSSR count). The average Bonchev–Trinajstić information content (AvgIpc) is 2.37. The van der Waals surface area contributed by atoms with Crippen molar-refractivity contribution in [3.05, 3.63) is 18.3 Å². The third-order valence-corrected chi connectivity index (χ3v) is 3.11. The molecule has 18 heavy (non-hydrogen) atoms. The lowest BCUT2D eigenvalue weighted by Crippen LogP contribution is -2.34. The molecule has 100 valence electrons. The molecule has 0 fully saturated rings. The highest BCUT2D eigenvalue weighted by molar-refractivity contribution is 7.80. The quantitative estimate of drug-likeness (QED) is 0.768. The van der Waals surface area contributed by atoms with E-state index in [0.717, 1.165) is 24.7 Å². The van der Waals surface area contributed by atoms with Gasteiger partial charge in [0.1, 0.15) is 0 Å². The van der Waals surface area contributed by atoms with Gasteiger partial charge in [-0.15, -0.1) is 0 Å². The summed E-state index contributed by atoms with van der Waals surface area (Å²) in [5, 5.41) is 0. The van der Waals surface area contributed by atoms with Crippen LogP contribution < -0.4 is 15.4 Å². The van der Waals surface area contributed by atoms with Gasteiger partial charge in [0.2, 0.25) is 0 Å². The van der Waals surface area contributed by atoms with Gasteiger partial charge in [-0.3, -0.25) is 0 Å². The number of nitrogens with two attached hydrogens (primary N) is 1. The van der Waals surface area contributed by atoms with E-state index in [1.54, 1.807) is 6.20 Å². The van der Waals surface area contributed by atoms with Gasteiger partial charge in [0.05, 0.1) is 11.6 Å². The number of pyridine rings is 1. The van der Waals surface area contributed by atoms with Gasteiger partial charge in [0, 0.05) is 25.2 Å². The maximum atomic E-state index is 5.67. The Bertz CT molecular complexity index is 398. The normalized spacial score (nSPS) is 11.9. The van der Waals surface area contributed by atoms with Crippen LogP contribution in [0.5, 0.6) is 5.75 Å². The van der Waals surface area contributed by atoms with Crippen molar-refractivity contribution < 1.29 is 4.74 Å². The Morgan fingerprint density at radius 3 is 2.83 bits per heavy atom. The minimum Gasteiger partial charge on any atom is -0.490 e. The Kier molecular flexibility index (Phi) is 5.85. The number of anilines is 1. The van der Waals surface area contributed by atoms with Crippen LogP contribution in [0, 0.1) is 5.92 Å². The van der Waals surface area contributed by atoms with Crippen molar-refractivity contribution >= 4 is 23.0 Å². The lowest BCUT2D eigenvalue weighted by atomic mass is 10.1. The van der Waals surface area contributed by atoms with Crippen LogP contribution in [0.15, 0.2) is 18.3 Å². The molecule has 1 aromatic rings. The third kappa shape index (κ3) is 3.84. The monoisotopic (exact) mass is 267 g/mol. The van der Waals surface area contributed by atoms with Crippen LogP contribution >= 0.6 is 12.2 Å². The van der Waals surface area contributed by atoms with E-state index >= 15 is 0 Å². The van der Waals surface area contributed by atoms with Gasteiger partial charge < -0.3 is 15.4 Å². The lowest BCUT2D eigenvalue weighted by Gasteiger charge is -2.26. The molecule has 0 spiro atoms. The molecule has 0 saturated heterocycles. The van der Waals surface area contributed by atoms with E-state index in [4.69, 9.17) is 22.7 Å². The molecular weight excluding hydrogens is 246 g/mol. The van der Waals surface area contributed by atoms with Gasteiger partial charge in [0.15, 0.2) is 11.6 Å². The van der Waals surface area contributed by atoms with Crippen LogP contribution in [-0.2, 0) is 0 Å². The van der Waals surface area contributed by atoms with Crippen molar-refractivity contribution in [1.82, 2.24) is 4.98 Å². The summed E-state index contributed by atoms with van der Waals surface area (Å²) in [7, 11) is 0. The van der Waals surface area contributed by atoms with Crippen molar-refractivity contribution in [2.75, 3.05) is 24.6 Å². The van der Waals surface area contributed by atoms with Crippen molar-refractivity contribution in [3.63, 3.8) is 0 Å². The van der Waals surface area contributed by atoms with E-state index in [0.29, 0.717) is 11.6 Å². The molecule has 0 radical (unpaired) electrons. The number of ether oxygens (including phenoxy) is 1. The molecule has 0 saturated carbocycles. The van der Waals surface area contributed by atoms with Crippen molar-refractivity contribution in [2.45, 2.75) is 20.8 Å². The molecule has 1 aromatic heterocycles. The van der Waals surface area contributed by atoms with E-state index in [1.165, 1.54) is 0 Å².